The highest BCUT2D eigenvalue weighted by Gasteiger charge is 2.17. The molecule has 3 heterocycles. The number of aromatic nitrogens is 5. The Hall–Kier alpha value is -4.84. The number of hydrogen-bond donors (Lipinski definition) is 0. The van der Waals surface area contributed by atoms with Gasteiger partial charge in [-0.25, -0.2) is 9.67 Å². The molecule has 0 bridgehead atoms. The minimum absolute atomic E-state index is 0.749. The summed E-state index contributed by atoms with van der Waals surface area (Å²) in [6, 6.07) is 34.5. The molecule has 3 aromatic heterocycles. The summed E-state index contributed by atoms with van der Waals surface area (Å²) in [4.78, 5) is 4.96. The summed E-state index contributed by atoms with van der Waals surface area (Å²) < 4.78 is 12.5. The van der Waals surface area contributed by atoms with Crippen molar-refractivity contribution in [2.45, 2.75) is 0 Å². The summed E-state index contributed by atoms with van der Waals surface area (Å²) in [6.07, 6.45) is 3.68. The van der Waals surface area contributed by atoms with E-state index in [1.807, 2.05) is 77.6 Å². The van der Waals surface area contributed by atoms with Crippen LogP contribution < -0.4 is 4.74 Å². The first-order valence-electron chi connectivity index (χ1n) is 11.1. The second kappa shape index (κ2) is 7.35. The number of para-hydroxylation sites is 4. The summed E-state index contributed by atoms with van der Waals surface area (Å²) in [5.41, 5.74) is 6.20. The molecule has 7 aromatic rings. The van der Waals surface area contributed by atoms with Crippen molar-refractivity contribution in [1.82, 2.24) is 23.7 Å². The fourth-order valence-electron chi connectivity index (χ4n) is 4.54. The largest absolute Gasteiger partial charge is 0.457 e. The third-order valence-electron chi connectivity index (χ3n) is 6.00. The molecule has 34 heavy (non-hydrogen) atoms. The number of hydrogen-bond acceptors (Lipinski definition) is 3. The molecule has 0 unspecified atom stereocenters. The number of ether oxygens (including phenoxy) is 1. The van der Waals surface area contributed by atoms with E-state index in [-0.39, 0.29) is 0 Å². The first kappa shape index (κ1) is 18.7. The molecule has 162 valence electrons. The maximum absolute atomic E-state index is 6.26. The van der Waals surface area contributed by atoms with Crippen LogP contribution in [0.15, 0.2) is 116 Å². The highest BCUT2D eigenvalue weighted by molar-refractivity contribution is 5.92. The van der Waals surface area contributed by atoms with Gasteiger partial charge >= 0.3 is 0 Å². The van der Waals surface area contributed by atoms with Crippen LogP contribution in [0, 0.1) is 0 Å². The highest BCUT2D eigenvalue weighted by Crippen LogP contribution is 2.31. The lowest BCUT2D eigenvalue weighted by Crippen LogP contribution is -1.96. The fraction of sp³-hybridized carbons (Fsp3) is 0. The van der Waals surface area contributed by atoms with Crippen LogP contribution in [0.5, 0.6) is 11.5 Å². The van der Waals surface area contributed by atoms with Gasteiger partial charge in [0.25, 0.3) is 0 Å². The predicted molar refractivity (Wildman–Crippen MR) is 133 cm³/mol. The Morgan fingerprint density at radius 3 is 2.12 bits per heavy atom. The van der Waals surface area contributed by atoms with Crippen LogP contribution in [0.1, 0.15) is 0 Å². The normalized spacial score (nSPS) is 11.5. The summed E-state index contributed by atoms with van der Waals surface area (Å²) in [5, 5.41) is 4.31. The van der Waals surface area contributed by atoms with E-state index in [9.17, 15) is 0 Å². The Bertz CT molecular complexity index is 1790. The summed E-state index contributed by atoms with van der Waals surface area (Å²) in [7, 11) is 0. The quantitative estimate of drug-likeness (QED) is 0.317. The summed E-state index contributed by atoms with van der Waals surface area (Å²) in [5.74, 6) is 2.38. The van der Waals surface area contributed by atoms with E-state index in [0.29, 0.717) is 0 Å². The molecular formula is C28H19N5O. The van der Waals surface area contributed by atoms with Gasteiger partial charge in [-0.3, -0.25) is 8.97 Å². The average Bonchev–Trinajstić information content (AvgIpc) is 3.60. The second-order valence-corrected chi connectivity index (χ2v) is 8.11. The number of fused-ring (bicyclic) bond motifs is 5. The van der Waals surface area contributed by atoms with E-state index < -0.39 is 0 Å². The molecule has 0 N–H and O–H groups in total. The molecule has 0 aliphatic carbocycles. The standard InChI is InChI=1S/C28H19N5O/c1-2-13-25-24(12-1)30-28-32(26-14-3-4-15-27(26)33(25)28)21-9-6-11-23(19-21)34-22-10-5-8-20(18-22)31-17-7-16-29-31/h1-19H. The van der Waals surface area contributed by atoms with Gasteiger partial charge in [-0.05, 0) is 54.6 Å². The first-order valence-corrected chi connectivity index (χ1v) is 11.1. The molecular weight excluding hydrogens is 422 g/mol. The molecule has 0 saturated heterocycles. The zero-order valence-corrected chi connectivity index (χ0v) is 18.1. The van der Waals surface area contributed by atoms with Gasteiger partial charge in [-0.15, -0.1) is 0 Å². The zero-order chi connectivity index (χ0) is 22.5. The fourth-order valence-corrected chi connectivity index (χ4v) is 4.54. The van der Waals surface area contributed by atoms with Crippen LogP contribution in [-0.2, 0) is 0 Å². The summed E-state index contributed by atoms with van der Waals surface area (Å²) >= 11 is 0. The van der Waals surface area contributed by atoms with E-state index in [4.69, 9.17) is 9.72 Å². The van der Waals surface area contributed by atoms with Gasteiger partial charge < -0.3 is 4.74 Å². The third-order valence-corrected chi connectivity index (χ3v) is 6.00. The van der Waals surface area contributed by atoms with E-state index >= 15 is 0 Å². The number of imidazole rings is 2. The Balaban J connectivity index is 1.36. The molecule has 0 aliphatic heterocycles. The van der Waals surface area contributed by atoms with Gasteiger partial charge in [0.05, 0.1) is 33.4 Å². The Morgan fingerprint density at radius 2 is 1.32 bits per heavy atom. The molecule has 7 rings (SSSR count). The van der Waals surface area contributed by atoms with Gasteiger partial charge in [0, 0.05) is 24.5 Å². The van der Waals surface area contributed by atoms with Crippen LogP contribution in [0.2, 0.25) is 0 Å². The minimum Gasteiger partial charge on any atom is -0.457 e. The van der Waals surface area contributed by atoms with Crippen molar-refractivity contribution >= 4 is 27.8 Å². The van der Waals surface area contributed by atoms with E-state index in [1.165, 1.54) is 0 Å². The highest BCUT2D eigenvalue weighted by atomic mass is 16.5. The minimum atomic E-state index is 0.749. The lowest BCUT2D eigenvalue weighted by atomic mass is 10.2. The molecule has 0 atom stereocenters. The molecule has 6 nitrogen and oxygen atoms in total. The lowest BCUT2D eigenvalue weighted by Gasteiger charge is -2.10. The molecule has 0 amide bonds. The molecule has 6 heteroatoms. The smallest absolute Gasteiger partial charge is 0.220 e. The molecule has 0 aliphatic rings. The van der Waals surface area contributed by atoms with Crippen molar-refractivity contribution in [3.8, 4) is 22.9 Å². The lowest BCUT2D eigenvalue weighted by molar-refractivity contribution is 0.482. The average molecular weight is 441 g/mol. The van der Waals surface area contributed by atoms with Crippen LogP contribution in [0.25, 0.3) is 39.2 Å². The third kappa shape index (κ3) is 2.89. The number of nitrogens with zero attached hydrogens (tertiary/aromatic N) is 5. The van der Waals surface area contributed by atoms with Gasteiger partial charge in [0.1, 0.15) is 11.5 Å². The van der Waals surface area contributed by atoms with Crippen molar-refractivity contribution in [3.63, 3.8) is 0 Å². The monoisotopic (exact) mass is 441 g/mol. The maximum atomic E-state index is 6.26. The number of rotatable bonds is 4. The zero-order valence-electron chi connectivity index (χ0n) is 18.1. The Morgan fingerprint density at radius 1 is 0.618 bits per heavy atom. The topological polar surface area (TPSA) is 49.3 Å². The molecule has 0 spiro atoms. The van der Waals surface area contributed by atoms with Gasteiger partial charge in [-0.1, -0.05) is 36.4 Å². The Labute approximate surface area is 194 Å². The van der Waals surface area contributed by atoms with Crippen LogP contribution in [0.3, 0.4) is 0 Å². The number of benzene rings is 4. The first-order chi connectivity index (χ1) is 16.8. The van der Waals surface area contributed by atoms with E-state index in [0.717, 1.165) is 50.7 Å². The van der Waals surface area contributed by atoms with Crippen molar-refractivity contribution in [2.24, 2.45) is 0 Å². The molecule has 0 saturated carbocycles. The van der Waals surface area contributed by atoms with Gasteiger partial charge in [-0.2, -0.15) is 5.10 Å². The van der Waals surface area contributed by atoms with Crippen molar-refractivity contribution < 1.29 is 4.74 Å². The van der Waals surface area contributed by atoms with E-state index in [2.05, 4.69) is 50.5 Å². The molecule has 0 fully saturated rings. The van der Waals surface area contributed by atoms with Crippen LogP contribution >= 0.6 is 0 Å². The SMILES string of the molecule is c1cc(Oc2cccc(-n3c4ccccc4n4c5ccccc5nc34)c2)cc(-n2cccn2)c1. The van der Waals surface area contributed by atoms with E-state index in [1.54, 1.807) is 6.20 Å². The van der Waals surface area contributed by atoms with Crippen molar-refractivity contribution in [1.29, 1.82) is 0 Å². The maximum Gasteiger partial charge on any atom is 0.220 e. The van der Waals surface area contributed by atoms with Gasteiger partial charge in [0.2, 0.25) is 5.78 Å². The van der Waals surface area contributed by atoms with Crippen molar-refractivity contribution in [2.75, 3.05) is 0 Å². The predicted octanol–water partition coefficient (Wildman–Crippen LogP) is 6.41. The van der Waals surface area contributed by atoms with Crippen molar-refractivity contribution in [3.05, 3.63) is 116 Å². The van der Waals surface area contributed by atoms with Crippen LogP contribution in [0.4, 0.5) is 0 Å². The molecule has 0 radical (unpaired) electrons. The Kier molecular flexibility index (Phi) is 4.04. The van der Waals surface area contributed by atoms with Crippen LogP contribution in [-0.4, -0.2) is 23.7 Å². The second-order valence-electron chi connectivity index (χ2n) is 8.11. The molecule has 4 aromatic carbocycles. The van der Waals surface area contributed by atoms with Gasteiger partial charge in [0.15, 0.2) is 0 Å². The summed E-state index contributed by atoms with van der Waals surface area (Å²) in [6.45, 7) is 0.